The molecule has 1 aromatic carbocycles. The average Bonchev–Trinajstić information content (AvgIpc) is 2.78. The summed E-state index contributed by atoms with van der Waals surface area (Å²) in [6, 6.07) is 6.52. The van der Waals surface area contributed by atoms with Crippen LogP contribution in [0.5, 0.6) is 11.5 Å². The van der Waals surface area contributed by atoms with E-state index in [0.29, 0.717) is 18.5 Å². The zero-order valence-corrected chi connectivity index (χ0v) is 11.1. The summed E-state index contributed by atoms with van der Waals surface area (Å²) < 4.78 is 10.6. The summed E-state index contributed by atoms with van der Waals surface area (Å²) in [5.74, 6) is 1.85. The first-order valence-corrected chi connectivity index (χ1v) is 6.14. The lowest BCUT2D eigenvalue weighted by Gasteiger charge is -2.20. The predicted octanol–water partition coefficient (Wildman–Crippen LogP) is 0.816. The minimum Gasteiger partial charge on any atom is -0.493 e. The molecule has 0 aromatic heterocycles. The van der Waals surface area contributed by atoms with Crippen molar-refractivity contribution in [2.24, 2.45) is 11.7 Å². The number of hydrazine groups is 1. The quantitative estimate of drug-likeness (QED) is 0.739. The van der Waals surface area contributed by atoms with Gasteiger partial charge in [0.1, 0.15) is 0 Å². The van der Waals surface area contributed by atoms with Crippen LogP contribution in [0.1, 0.15) is 18.5 Å². The van der Waals surface area contributed by atoms with E-state index in [-0.39, 0.29) is 6.04 Å². The van der Waals surface area contributed by atoms with Gasteiger partial charge >= 0.3 is 0 Å². The van der Waals surface area contributed by atoms with Gasteiger partial charge in [0.05, 0.1) is 20.3 Å². The molecule has 3 atom stereocenters. The number of nitrogens with one attached hydrogen (secondary N) is 2. The first kappa shape index (κ1) is 13.1. The Labute approximate surface area is 108 Å². The fourth-order valence-electron chi connectivity index (χ4n) is 2.44. The van der Waals surface area contributed by atoms with E-state index in [1.54, 1.807) is 14.2 Å². The maximum absolute atomic E-state index is 5.84. The zero-order valence-electron chi connectivity index (χ0n) is 11.1. The van der Waals surface area contributed by atoms with E-state index in [0.717, 1.165) is 17.1 Å². The van der Waals surface area contributed by atoms with E-state index in [4.69, 9.17) is 15.2 Å². The Balaban J connectivity index is 2.28. The SMILES string of the molecule is COc1ccc(C2NNC(C)C2CN)cc1OC. The van der Waals surface area contributed by atoms with Crippen molar-refractivity contribution < 1.29 is 9.47 Å². The molecule has 5 heteroatoms. The molecule has 0 radical (unpaired) electrons. The molecule has 5 nitrogen and oxygen atoms in total. The predicted molar refractivity (Wildman–Crippen MR) is 70.6 cm³/mol. The summed E-state index contributed by atoms with van der Waals surface area (Å²) in [7, 11) is 3.28. The van der Waals surface area contributed by atoms with Crippen molar-refractivity contribution >= 4 is 0 Å². The van der Waals surface area contributed by atoms with Gasteiger partial charge in [0, 0.05) is 12.0 Å². The van der Waals surface area contributed by atoms with E-state index in [2.05, 4.69) is 17.8 Å². The molecule has 0 amide bonds. The molecule has 1 heterocycles. The van der Waals surface area contributed by atoms with Gasteiger partial charge < -0.3 is 15.2 Å². The second kappa shape index (κ2) is 5.56. The van der Waals surface area contributed by atoms with Crippen LogP contribution in [0.25, 0.3) is 0 Å². The zero-order chi connectivity index (χ0) is 13.1. The molecule has 1 aliphatic rings. The summed E-state index contributed by atoms with van der Waals surface area (Å²) in [4.78, 5) is 0. The molecule has 0 saturated carbocycles. The Kier molecular flexibility index (Phi) is 4.06. The number of nitrogens with two attached hydrogens (primary N) is 1. The maximum atomic E-state index is 5.84. The van der Waals surface area contributed by atoms with Crippen LogP contribution in [-0.4, -0.2) is 26.8 Å². The van der Waals surface area contributed by atoms with Crippen LogP contribution in [0.2, 0.25) is 0 Å². The van der Waals surface area contributed by atoms with Crippen LogP contribution in [0.4, 0.5) is 0 Å². The minimum atomic E-state index is 0.199. The van der Waals surface area contributed by atoms with Gasteiger partial charge in [-0.3, -0.25) is 5.43 Å². The summed E-state index contributed by atoms with van der Waals surface area (Å²) >= 11 is 0. The molecule has 0 aliphatic carbocycles. The van der Waals surface area contributed by atoms with Crippen molar-refractivity contribution in [3.63, 3.8) is 0 Å². The van der Waals surface area contributed by atoms with Crippen LogP contribution in [0.3, 0.4) is 0 Å². The normalized spacial score (nSPS) is 27.2. The van der Waals surface area contributed by atoms with Crippen molar-refractivity contribution in [3.05, 3.63) is 23.8 Å². The third kappa shape index (κ3) is 2.29. The number of ether oxygens (including phenoxy) is 2. The standard InChI is InChI=1S/C13H21N3O2/c1-8-10(7-14)13(16-15-8)9-4-5-11(17-2)12(6-9)18-3/h4-6,8,10,13,15-16H,7,14H2,1-3H3. The molecule has 1 saturated heterocycles. The lowest BCUT2D eigenvalue weighted by Crippen LogP contribution is -2.30. The minimum absolute atomic E-state index is 0.199. The van der Waals surface area contributed by atoms with Crippen LogP contribution in [0, 0.1) is 5.92 Å². The van der Waals surface area contributed by atoms with E-state index >= 15 is 0 Å². The Bertz CT molecular complexity index is 411. The Morgan fingerprint density at radius 2 is 1.89 bits per heavy atom. The highest BCUT2D eigenvalue weighted by Crippen LogP contribution is 2.34. The Hall–Kier alpha value is -1.30. The number of rotatable bonds is 4. The van der Waals surface area contributed by atoms with E-state index in [1.807, 2.05) is 18.2 Å². The summed E-state index contributed by atoms with van der Waals surface area (Å²) in [5, 5.41) is 0. The first-order valence-electron chi connectivity index (χ1n) is 6.14. The molecule has 4 N–H and O–H groups in total. The summed E-state index contributed by atoms with van der Waals surface area (Å²) in [6.45, 7) is 2.77. The van der Waals surface area contributed by atoms with Crippen LogP contribution < -0.4 is 26.1 Å². The van der Waals surface area contributed by atoms with Crippen molar-refractivity contribution in [2.45, 2.75) is 19.0 Å². The largest absolute Gasteiger partial charge is 0.493 e. The monoisotopic (exact) mass is 251 g/mol. The molecule has 1 fully saturated rings. The highest BCUT2D eigenvalue weighted by Gasteiger charge is 2.33. The number of benzene rings is 1. The van der Waals surface area contributed by atoms with Crippen molar-refractivity contribution in [2.75, 3.05) is 20.8 Å². The Morgan fingerprint density at radius 1 is 1.17 bits per heavy atom. The highest BCUT2D eigenvalue weighted by molar-refractivity contribution is 5.44. The average molecular weight is 251 g/mol. The third-order valence-corrected chi connectivity index (χ3v) is 3.58. The van der Waals surface area contributed by atoms with Gasteiger partial charge in [-0.05, 0) is 31.2 Å². The van der Waals surface area contributed by atoms with E-state index in [1.165, 1.54) is 0 Å². The fraction of sp³-hybridized carbons (Fsp3) is 0.538. The van der Waals surface area contributed by atoms with Gasteiger partial charge in [-0.15, -0.1) is 0 Å². The fourth-order valence-corrected chi connectivity index (χ4v) is 2.44. The maximum Gasteiger partial charge on any atom is 0.161 e. The van der Waals surface area contributed by atoms with Crippen molar-refractivity contribution in [1.82, 2.24) is 10.9 Å². The molecular formula is C13H21N3O2. The highest BCUT2D eigenvalue weighted by atomic mass is 16.5. The van der Waals surface area contributed by atoms with Gasteiger partial charge in [0.15, 0.2) is 11.5 Å². The van der Waals surface area contributed by atoms with E-state index in [9.17, 15) is 0 Å². The van der Waals surface area contributed by atoms with Gasteiger partial charge in [-0.1, -0.05) is 6.07 Å². The lowest BCUT2D eigenvalue weighted by atomic mass is 9.90. The van der Waals surface area contributed by atoms with Crippen LogP contribution in [0.15, 0.2) is 18.2 Å². The van der Waals surface area contributed by atoms with Gasteiger partial charge in [0.25, 0.3) is 0 Å². The van der Waals surface area contributed by atoms with Crippen LogP contribution in [-0.2, 0) is 0 Å². The molecular weight excluding hydrogens is 230 g/mol. The summed E-state index contributed by atoms with van der Waals surface area (Å²) in [5.41, 5.74) is 13.5. The molecule has 3 unspecified atom stereocenters. The van der Waals surface area contributed by atoms with Crippen molar-refractivity contribution in [1.29, 1.82) is 0 Å². The number of hydrogen-bond donors (Lipinski definition) is 3. The van der Waals surface area contributed by atoms with Crippen molar-refractivity contribution in [3.8, 4) is 11.5 Å². The second-order valence-electron chi connectivity index (χ2n) is 4.57. The lowest BCUT2D eigenvalue weighted by molar-refractivity contribution is 0.353. The van der Waals surface area contributed by atoms with Gasteiger partial charge in [0.2, 0.25) is 0 Å². The number of hydrogen-bond acceptors (Lipinski definition) is 5. The third-order valence-electron chi connectivity index (χ3n) is 3.58. The molecule has 18 heavy (non-hydrogen) atoms. The smallest absolute Gasteiger partial charge is 0.161 e. The number of methoxy groups -OCH3 is 2. The molecule has 1 aromatic rings. The second-order valence-corrected chi connectivity index (χ2v) is 4.57. The van der Waals surface area contributed by atoms with Crippen LogP contribution >= 0.6 is 0 Å². The molecule has 0 bridgehead atoms. The van der Waals surface area contributed by atoms with E-state index < -0.39 is 0 Å². The Morgan fingerprint density at radius 3 is 2.50 bits per heavy atom. The molecule has 1 aliphatic heterocycles. The first-order chi connectivity index (χ1) is 8.71. The molecule has 2 rings (SSSR count). The van der Waals surface area contributed by atoms with Gasteiger partial charge in [-0.25, -0.2) is 5.43 Å². The molecule has 0 spiro atoms. The molecule has 100 valence electrons. The topological polar surface area (TPSA) is 68.5 Å². The summed E-state index contributed by atoms with van der Waals surface area (Å²) in [6.07, 6.45) is 0. The van der Waals surface area contributed by atoms with Gasteiger partial charge in [-0.2, -0.15) is 0 Å².